The van der Waals surface area contributed by atoms with Crippen molar-refractivity contribution in [3.63, 3.8) is 0 Å². The minimum atomic E-state index is 0.323. The van der Waals surface area contributed by atoms with Crippen LogP contribution in [-0.4, -0.2) is 41.9 Å². The molecule has 3 rings (SSSR count). The van der Waals surface area contributed by atoms with Crippen molar-refractivity contribution in [2.75, 3.05) is 26.2 Å². The molecule has 2 saturated heterocycles. The van der Waals surface area contributed by atoms with Gasteiger partial charge in [-0.15, -0.1) is 0 Å². The fourth-order valence-electron chi connectivity index (χ4n) is 3.71. The summed E-state index contributed by atoms with van der Waals surface area (Å²) in [7, 11) is 0. The first-order valence-corrected chi connectivity index (χ1v) is 7.75. The minimum absolute atomic E-state index is 0.323. The van der Waals surface area contributed by atoms with Crippen LogP contribution in [0.25, 0.3) is 0 Å². The molecule has 1 spiro atoms. The monoisotopic (exact) mass is 272 g/mol. The van der Waals surface area contributed by atoms with Gasteiger partial charge >= 0.3 is 0 Å². The molecule has 2 aliphatic heterocycles. The number of rotatable bonds is 3. The van der Waals surface area contributed by atoms with E-state index in [0.29, 0.717) is 17.7 Å². The fraction of sp³-hybridized carbons (Fsp3) is 0.588. The van der Waals surface area contributed by atoms with Crippen LogP contribution < -0.4 is 0 Å². The maximum Gasteiger partial charge on any atom is 0.222 e. The molecule has 1 atom stereocenters. The third-order valence-corrected chi connectivity index (χ3v) is 4.86. The number of carbonyl (C=O) groups excluding carboxylic acids is 1. The second kappa shape index (κ2) is 5.57. The Balaban J connectivity index is 1.58. The molecule has 0 aromatic heterocycles. The molecular formula is C17H24N2O. The molecule has 1 unspecified atom stereocenters. The molecule has 1 aromatic carbocycles. The zero-order valence-electron chi connectivity index (χ0n) is 12.3. The maximum absolute atomic E-state index is 11.8. The van der Waals surface area contributed by atoms with Crippen molar-refractivity contribution >= 4 is 5.91 Å². The SMILES string of the molecule is CCC(=O)N1CCC2(CCN(Cc3ccccc3)C2)C1. The van der Waals surface area contributed by atoms with Crippen LogP contribution in [0.2, 0.25) is 0 Å². The summed E-state index contributed by atoms with van der Waals surface area (Å²) in [5.74, 6) is 0.323. The molecule has 3 heteroatoms. The molecule has 2 aliphatic rings. The van der Waals surface area contributed by atoms with E-state index >= 15 is 0 Å². The molecule has 0 aliphatic carbocycles. The summed E-state index contributed by atoms with van der Waals surface area (Å²) < 4.78 is 0. The number of likely N-dealkylation sites (tertiary alicyclic amines) is 2. The van der Waals surface area contributed by atoms with Gasteiger partial charge in [-0.3, -0.25) is 9.69 Å². The van der Waals surface area contributed by atoms with Crippen molar-refractivity contribution in [3.8, 4) is 0 Å². The van der Waals surface area contributed by atoms with Gasteiger partial charge in [0.05, 0.1) is 0 Å². The number of nitrogens with zero attached hydrogens (tertiary/aromatic N) is 2. The predicted molar refractivity (Wildman–Crippen MR) is 80.3 cm³/mol. The van der Waals surface area contributed by atoms with Gasteiger partial charge < -0.3 is 4.90 Å². The summed E-state index contributed by atoms with van der Waals surface area (Å²) in [5, 5.41) is 0. The number of carbonyl (C=O) groups is 1. The van der Waals surface area contributed by atoms with E-state index in [4.69, 9.17) is 0 Å². The Morgan fingerprint density at radius 1 is 1.15 bits per heavy atom. The zero-order valence-corrected chi connectivity index (χ0v) is 12.3. The van der Waals surface area contributed by atoms with E-state index in [0.717, 1.165) is 26.2 Å². The van der Waals surface area contributed by atoms with E-state index in [-0.39, 0.29) is 0 Å². The van der Waals surface area contributed by atoms with E-state index < -0.39 is 0 Å². The van der Waals surface area contributed by atoms with Crippen molar-refractivity contribution in [1.82, 2.24) is 9.80 Å². The summed E-state index contributed by atoms with van der Waals surface area (Å²) in [4.78, 5) is 16.5. The quantitative estimate of drug-likeness (QED) is 0.844. The normalized spacial score (nSPS) is 26.6. The Morgan fingerprint density at radius 2 is 1.90 bits per heavy atom. The second-order valence-electron chi connectivity index (χ2n) is 6.37. The van der Waals surface area contributed by atoms with Gasteiger partial charge in [-0.2, -0.15) is 0 Å². The lowest BCUT2D eigenvalue weighted by Crippen LogP contribution is -2.33. The molecular weight excluding hydrogens is 248 g/mol. The summed E-state index contributed by atoms with van der Waals surface area (Å²) in [6, 6.07) is 10.7. The average molecular weight is 272 g/mol. The van der Waals surface area contributed by atoms with E-state index in [9.17, 15) is 4.79 Å². The first kappa shape index (κ1) is 13.6. The van der Waals surface area contributed by atoms with E-state index in [2.05, 4.69) is 40.1 Å². The number of amides is 1. The van der Waals surface area contributed by atoms with Gasteiger partial charge in [0.1, 0.15) is 0 Å². The molecule has 3 nitrogen and oxygen atoms in total. The zero-order chi connectivity index (χ0) is 14.0. The molecule has 0 bridgehead atoms. The lowest BCUT2D eigenvalue weighted by molar-refractivity contribution is -0.130. The lowest BCUT2D eigenvalue weighted by Gasteiger charge is -2.24. The van der Waals surface area contributed by atoms with Crippen molar-refractivity contribution in [2.45, 2.75) is 32.7 Å². The Hall–Kier alpha value is -1.35. The smallest absolute Gasteiger partial charge is 0.222 e. The minimum Gasteiger partial charge on any atom is -0.342 e. The van der Waals surface area contributed by atoms with Crippen molar-refractivity contribution in [1.29, 1.82) is 0 Å². The summed E-state index contributed by atoms with van der Waals surface area (Å²) in [5.41, 5.74) is 1.77. The summed E-state index contributed by atoms with van der Waals surface area (Å²) >= 11 is 0. The van der Waals surface area contributed by atoms with Crippen LogP contribution in [0, 0.1) is 5.41 Å². The Kier molecular flexibility index (Phi) is 3.79. The van der Waals surface area contributed by atoms with Gasteiger partial charge in [0.2, 0.25) is 5.91 Å². The second-order valence-corrected chi connectivity index (χ2v) is 6.37. The lowest BCUT2D eigenvalue weighted by atomic mass is 9.86. The highest BCUT2D eigenvalue weighted by atomic mass is 16.2. The predicted octanol–water partition coefficient (Wildman–Crippen LogP) is 2.52. The standard InChI is InChI=1S/C17H24N2O/c1-2-16(20)19-11-9-17(14-19)8-10-18(13-17)12-15-6-4-3-5-7-15/h3-7H,2,8-14H2,1H3. The topological polar surface area (TPSA) is 23.6 Å². The molecule has 108 valence electrons. The molecule has 0 saturated carbocycles. The first-order valence-electron chi connectivity index (χ1n) is 7.75. The van der Waals surface area contributed by atoms with E-state index in [1.54, 1.807) is 0 Å². The van der Waals surface area contributed by atoms with Gasteiger partial charge in [-0.1, -0.05) is 37.3 Å². The van der Waals surface area contributed by atoms with Crippen LogP contribution in [0.1, 0.15) is 31.7 Å². The van der Waals surface area contributed by atoms with Gasteiger partial charge in [-0.05, 0) is 24.9 Å². The van der Waals surface area contributed by atoms with E-state index in [1.165, 1.54) is 24.9 Å². The van der Waals surface area contributed by atoms with E-state index in [1.807, 2.05) is 6.92 Å². The molecule has 2 heterocycles. The third kappa shape index (κ3) is 2.73. The van der Waals surface area contributed by atoms with Gasteiger partial charge in [0, 0.05) is 38.0 Å². The van der Waals surface area contributed by atoms with Crippen molar-refractivity contribution in [2.24, 2.45) is 5.41 Å². The van der Waals surface area contributed by atoms with Crippen molar-refractivity contribution in [3.05, 3.63) is 35.9 Å². The van der Waals surface area contributed by atoms with Crippen LogP contribution in [0.3, 0.4) is 0 Å². The number of hydrogen-bond donors (Lipinski definition) is 0. The Bertz CT molecular complexity index is 473. The molecule has 20 heavy (non-hydrogen) atoms. The highest BCUT2D eigenvalue weighted by Gasteiger charge is 2.44. The summed E-state index contributed by atoms with van der Waals surface area (Å²) in [6.45, 7) is 7.27. The Labute approximate surface area is 121 Å². The molecule has 1 amide bonds. The summed E-state index contributed by atoms with van der Waals surface area (Å²) in [6.07, 6.45) is 3.07. The first-order chi connectivity index (χ1) is 9.71. The highest BCUT2D eigenvalue weighted by molar-refractivity contribution is 5.76. The van der Waals surface area contributed by atoms with Crippen LogP contribution >= 0.6 is 0 Å². The molecule has 2 fully saturated rings. The highest BCUT2D eigenvalue weighted by Crippen LogP contribution is 2.40. The fourth-order valence-corrected chi connectivity index (χ4v) is 3.71. The molecule has 0 radical (unpaired) electrons. The van der Waals surface area contributed by atoms with Gasteiger partial charge in [0.25, 0.3) is 0 Å². The van der Waals surface area contributed by atoms with Crippen LogP contribution in [0.5, 0.6) is 0 Å². The average Bonchev–Trinajstić information content (AvgIpc) is 3.07. The number of benzene rings is 1. The Morgan fingerprint density at radius 3 is 2.65 bits per heavy atom. The van der Waals surface area contributed by atoms with Crippen LogP contribution in [0.4, 0.5) is 0 Å². The van der Waals surface area contributed by atoms with Crippen molar-refractivity contribution < 1.29 is 4.79 Å². The van der Waals surface area contributed by atoms with Gasteiger partial charge in [0.15, 0.2) is 0 Å². The molecule has 0 N–H and O–H groups in total. The third-order valence-electron chi connectivity index (χ3n) is 4.86. The maximum atomic E-state index is 11.8. The van der Waals surface area contributed by atoms with Gasteiger partial charge in [-0.25, -0.2) is 0 Å². The number of hydrogen-bond acceptors (Lipinski definition) is 2. The van der Waals surface area contributed by atoms with Crippen LogP contribution in [-0.2, 0) is 11.3 Å². The van der Waals surface area contributed by atoms with Crippen LogP contribution in [0.15, 0.2) is 30.3 Å². The largest absolute Gasteiger partial charge is 0.342 e. The molecule has 1 aromatic rings.